The van der Waals surface area contributed by atoms with Crippen LogP contribution in [0.1, 0.15) is 12.0 Å². The van der Waals surface area contributed by atoms with Gasteiger partial charge in [-0.1, -0.05) is 0 Å². The van der Waals surface area contributed by atoms with Gasteiger partial charge in [0, 0.05) is 32.0 Å². The van der Waals surface area contributed by atoms with Crippen molar-refractivity contribution in [2.45, 2.75) is 31.2 Å². The highest BCUT2D eigenvalue weighted by atomic mass is 19.4. The molecule has 1 aliphatic rings. The van der Waals surface area contributed by atoms with E-state index in [0.29, 0.717) is 19.7 Å². The van der Waals surface area contributed by atoms with E-state index >= 15 is 0 Å². The molecule has 4 nitrogen and oxygen atoms in total. The second-order valence-electron chi connectivity index (χ2n) is 5.47. The molecule has 1 unspecified atom stereocenters. The fourth-order valence-corrected chi connectivity index (χ4v) is 2.28. The first-order valence-corrected chi connectivity index (χ1v) is 7.45. The van der Waals surface area contributed by atoms with Crippen LogP contribution >= 0.6 is 0 Å². The summed E-state index contributed by atoms with van der Waals surface area (Å²) in [5, 5.41) is 11.9. The highest BCUT2D eigenvalue weighted by Crippen LogP contribution is 2.25. The van der Waals surface area contributed by atoms with Crippen molar-refractivity contribution < 1.29 is 36.5 Å². The molecule has 136 valence electrons. The minimum Gasteiger partial charge on any atom is -0.490 e. The lowest BCUT2D eigenvalue weighted by Crippen LogP contribution is -2.39. The second kappa shape index (κ2) is 8.09. The third kappa shape index (κ3) is 5.29. The van der Waals surface area contributed by atoms with Crippen molar-refractivity contribution in [2.24, 2.45) is 0 Å². The van der Waals surface area contributed by atoms with Gasteiger partial charge < -0.3 is 19.9 Å². The predicted molar refractivity (Wildman–Crippen MR) is 74.8 cm³/mol. The molecule has 0 bridgehead atoms. The molecule has 2 atom stereocenters. The van der Waals surface area contributed by atoms with Crippen molar-refractivity contribution in [3.05, 3.63) is 29.3 Å². The zero-order chi connectivity index (χ0) is 17.7. The van der Waals surface area contributed by atoms with E-state index in [9.17, 15) is 22.0 Å². The van der Waals surface area contributed by atoms with E-state index in [-0.39, 0.29) is 18.1 Å². The topological polar surface area (TPSA) is 50.7 Å². The zero-order valence-corrected chi connectivity index (χ0v) is 12.7. The van der Waals surface area contributed by atoms with Crippen molar-refractivity contribution in [1.82, 2.24) is 5.32 Å². The molecule has 1 aliphatic heterocycles. The summed E-state index contributed by atoms with van der Waals surface area (Å²) in [6.07, 6.45) is -8.22. The molecule has 9 heteroatoms. The first-order valence-electron chi connectivity index (χ1n) is 7.45. The van der Waals surface area contributed by atoms with E-state index in [1.165, 1.54) is 0 Å². The number of hydrogen-bond donors (Lipinski definition) is 2. The normalized spacial score (nSPS) is 20.0. The Balaban J connectivity index is 1.93. The maximum absolute atomic E-state index is 14.0. The molecule has 0 amide bonds. The summed E-state index contributed by atoms with van der Waals surface area (Å²) in [5.74, 6) is -2.10. The lowest BCUT2D eigenvalue weighted by molar-refractivity contribution is -0.206. The van der Waals surface area contributed by atoms with Crippen LogP contribution in [0.15, 0.2) is 12.1 Å². The van der Waals surface area contributed by atoms with Gasteiger partial charge in [-0.15, -0.1) is 0 Å². The van der Waals surface area contributed by atoms with E-state index < -0.39 is 42.7 Å². The van der Waals surface area contributed by atoms with Gasteiger partial charge in [-0.2, -0.15) is 13.2 Å². The van der Waals surface area contributed by atoms with Gasteiger partial charge in [0.15, 0.2) is 17.7 Å². The molecular weight excluding hydrogens is 337 g/mol. The Labute approximate surface area is 135 Å². The van der Waals surface area contributed by atoms with Gasteiger partial charge >= 0.3 is 6.18 Å². The summed E-state index contributed by atoms with van der Waals surface area (Å²) in [6, 6.07) is 1.74. The first kappa shape index (κ1) is 18.9. The number of aliphatic hydroxyl groups excluding tert-OH is 1. The summed E-state index contributed by atoms with van der Waals surface area (Å²) < 4.78 is 74.6. The van der Waals surface area contributed by atoms with Crippen molar-refractivity contribution in [1.29, 1.82) is 0 Å². The highest BCUT2D eigenvalue weighted by Gasteiger charge is 2.37. The Morgan fingerprint density at radius 2 is 2.04 bits per heavy atom. The maximum atomic E-state index is 14.0. The minimum absolute atomic E-state index is 0.101. The number of aliphatic hydroxyl groups is 1. The molecule has 0 radical (unpaired) electrons. The molecule has 2 rings (SSSR count). The van der Waals surface area contributed by atoms with Crippen molar-refractivity contribution in [3.8, 4) is 5.75 Å². The number of benzene rings is 1. The SMILES string of the molecule is OC(CCOc1cc(F)c(C[C@@H]2CNCCO2)cc1F)C(F)(F)F. The van der Waals surface area contributed by atoms with E-state index in [0.717, 1.165) is 12.1 Å². The number of hydrogen-bond acceptors (Lipinski definition) is 4. The van der Waals surface area contributed by atoms with Crippen molar-refractivity contribution in [2.75, 3.05) is 26.3 Å². The van der Waals surface area contributed by atoms with Crippen LogP contribution in [-0.2, 0) is 11.2 Å². The maximum Gasteiger partial charge on any atom is 0.414 e. The molecule has 1 aromatic carbocycles. The van der Waals surface area contributed by atoms with E-state index in [2.05, 4.69) is 5.32 Å². The number of rotatable bonds is 6. The quantitative estimate of drug-likeness (QED) is 0.768. The van der Waals surface area contributed by atoms with E-state index in [4.69, 9.17) is 14.6 Å². The zero-order valence-electron chi connectivity index (χ0n) is 12.7. The van der Waals surface area contributed by atoms with Crippen molar-refractivity contribution >= 4 is 0 Å². The Morgan fingerprint density at radius 1 is 1.29 bits per heavy atom. The summed E-state index contributed by atoms with van der Waals surface area (Å²) in [6.45, 7) is 1.11. The molecule has 1 heterocycles. The van der Waals surface area contributed by atoms with Gasteiger partial charge in [0.05, 0.1) is 19.3 Å². The third-order valence-electron chi connectivity index (χ3n) is 3.58. The van der Waals surface area contributed by atoms with Crippen LogP contribution in [0.2, 0.25) is 0 Å². The van der Waals surface area contributed by atoms with Gasteiger partial charge in [-0.05, 0) is 11.6 Å². The van der Waals surface area contributed by atoms with E-state index in [1.807, 2.05) is 0 Å². The predicted octanol–water partition coefficient (Wildman–Crippen LogP) is 2.19. The molecule has 0 spiro atoms. The number of alkyl halides is 3. The summed E-state index contributed by atoms with van der Waals surface area (Å²) in [4.78, 5) is 0. The van der Waals surface area contributed by atoms with Crippen LogP contribution in [-0.4, -0.2) is 49.8 Å². The number of nitrogens with one attached hydrogen (secondary N) is 1. The van der Waals surface area contributed by atoms with Crippen molar-refractivity contribution in [3.63, 3.8) is 0 Å². The fourth-order valence-electron chi connectivity index (χ4n) is 2.28. The summed E-state index contributed by atoms with van der Waals surface area (Å²) in [7, 11) is 0. The fraction of sp³-hybridized carbons (Fsp3) is 0.600. The minimum atomic E-state index is -4.77. The van der Waals surface area contributed by atoms with Gasteiger partial charge in [-0.3, -0.25) is 0 Å². The van der Waals surface area contributed by atoms with Crippen LogP contribution in [0.5, 0.6) is 5.75 Å². The number of halogens is 5. The Kier molecular flexibility index (Phi) is 6.36. The highest BCUT2D eigenvalue weighted by molar-refractivity contribution is 5.31. The largest absolute Gasteiger partial charge is 0.490 e. The van der Waals surface area contributed by atoms with Gasteiger partial charge in [0.1, 0.15) is 5.82 Å². The molecule has 0 aromatic heterocycles. The Hall–Kier alpha value is -1.45. The number of ether oxygens (including phenoxy) is 2. The monoisotopic (exact) mass is 355 g/mol. The summed E-state index contributed by atoms with van der Waals surface area (Å²) in [5.41, 5.74) is 0.101. The average Bonchev–Trinajstić information content (AvgIpc) is 2.52. The Bertz CT molecular complexity index is 547. The van der Waals surface area contributed by atoms with Crippen LogP contribution in [0.4, 0.5) is 22.0 Å². The molecule has 0 aliphatic carbocycles. The second-order valence-corrected chi connectivity index (χ2v) is 5.47. The first-order chi connectivity index (χ1) is 11.3. The smallest absolute Gasteiger partial charge is 0.414 e. The van der Waals surface area contributed by atoms with Crippen LogP contribution in [0.3, 0.4) is 0 Å². The van der Waals surface area contributed by atoms with Crippen LogP contribution in [0, 0.1) is 11.6 Å². The average molecular weight is 355 g/mol. The van der Waals surface area contributed by atoms with Gasteiger partial charge in [-0.25, -0.2) is 8.78 Å². The molecular formula is C15H18F5NO3. The van der Waals surface area contributed by atoms with Gasteiger partial charge in [0.2, 0.25) is 0 Å². The lowest BCUT2D eigenvalue weighted by atomic mass is 10.1. The lowest BCUT2D eigenvalue weighted by Gasteiger charge is -2.24. The summed E-state index contributed by atoms with van der Waals surface area (Å²) >= 11 is 0. The van der Waals surface area contributed by atoms with Crippen LogP contribution < -0.4 is 10.1 Å². The van der Waals surface area contributed by atoms with E-state index in [1.54, 1.807) is 0 Å². The van der Waals surface area contributed by atoms with Crippen LogP contribution in [0.25, 0.3) is 0 Å². The molecule has 1 fully saturated rings. The standard InChI is InChI=1S/C15H18F5NO3/c16-11-7-13(24-3-1-14(22)15(18,19)20)12(17)6-9(11)5-10-8-21-2-4-23-10/h6-7,10,14,21-22H,1-5,8H2/t10-,14?/m1/s1. The number of morpholine rings is 1. The molecule has 24 heavy (non-hydrogen) atoms. The molecule has 2 N–H and O–H groups in total. The Morgan fingerprint density at radius 3 is 2.67 bits per heavy atom. The van der Waals surface area contributed by atoms with Gasteiger partial charge in [0.25, 0.3) is 0 Å². The third-order valence-corrected chi connectivity index (χ3v) is 3.58. The molecule has 1 saturated heterocycles. The molecule has 1 aromatic rings. The molecule has 0 saturated carbocycles.